The van der Waals surface area contributed by atoms with Gasteiger partial charge < -0.3 is 15.4 Å². The van der Waals surface area contributed by atoms with Crippen LogP contribution in [0.5, 0.6) is 0 Å². The van der Waals surface area contributed by atoms with Crippen LogP contribution in [0.4, 0.5) is 0 Å². The number of aromatic nitrogens is 3. The normalized spacial score (nSPS) is 21.5. The van der Waals surface area contributed by atoms with Crippen LogP contribution in [0.3, 0.4) is 0 Å². The summed E-state index contributed by atoms with van der Waals surface area (Å²) < 4.78 is 2.06. The third-order valence-electron chi connectivity index (χ3n) is 2.98. The van der Waals surface area contributed by atoms with Gasteiger partial charge in [-0.25, -0.2) is 0 Å². The summed E-state index contributed by atoms with van der Waals surface area (Å²) in [6.07, 6.45) is 1.85. The number of nitrogens with two attached hydrogens (primary N) is 1. The quantitative estimate of drug-likeness (QED) is 0.710. The van der Waals surface area contributed by atoms with Gasteiger partial charge in [-0.05, 0) is 6.42 Å². The lowest BCUT2D eigenvalue weighted by molar-refractivity contribution is 0.206. The van der Waals surface area contributed by atoms with Gasteiger partial charge >= 0.3 is 0 Å². The van der Waals surface area contributed by atoms with Crippen molar-refractivity contribution in [3.8, 4) is 0 Å². The second kappa shape index (κ2) is 3.57. The van der Waals surface area contributed by atoms with Crippen LogP contribution in [0.2, 0.25) is 0 Å². The monoisotopic (exact) mass is 210 g/mol. The van der Waals surface area contributed by atoms with Crippen molar-refractivity contribution in [1.82, 2.24) is 14.8 Å². The minimum absolute atomic E-state index is 0.0698. The summed E-state index contributed by atoms with van der Waals surface area (Å²) in [6, 6.07) is 0.182. The van der Waals surface area contributed by atoms with E-state index in [4.69, 9.17) is 5.73 Å². The maximum atomic E-state index is 9.32. The number of aryl methyl sites for hydroxylation is 1. The van der Waals surface area contributed by atoms with Crippen LogP contribution in [-0.2, 0) is 18.4 Å². The lowest BCUT2D eigenvalue weighted by atomic mass is 9.93. The molecule has 1 aliphatic rings. The smallest absolute Gasteiger partial charge is 0.141 e. The molecule has 0 amide bonds. The number of hydrogen-bond acceptors (Lipinski definition) is 4. The molecule has 2 rings (SSSR count). The predicted molar refractivity (Wildman–Crippen MR) is 56.4 cm³/mol. The molecule has 0 spiro atoms. The second-order valence-electron chi connectivity index (χ2n) is 4.89. The van der Waals surface area contributed by atoms with Crippen molar-refractivity contribution in [2.24, 2.45) is 5.73 Å². The van der Waals surface area contributed by atoms with E-state index in [9.17, 15) is 5.11 Å². The maximum Gasteiger partial charge on any atom is 0.141 e. The summed E-state index contributed by atoms with van der Waals surface area (Å²) in [4.78, 5) is 0. The Balaban J connectivity index is 2.38. The molecule has 0 radical (unpaired) electrons. The molecule has 1 atom stereocenters. The van der Waals surface area contributed by atoms with E-state index in [2.05, 4.69) is 14.8 Å². The Bertz CT molecular complexity index is 358. The number of hydrogen-bond donors (Lipinski definition) is 2. The Labute approximate surface area is 89.3 Å². The molecule has 0 saturated carbocycles. The summed E-state index contributed by atoms with van der Waals surface area (Å²) in [5, 5.41) is 17.6. The van der Waals surface area contributed by atoms with E-state index in [1.807, 2.05) is 13.8 Å². The Morgan fingerprint density at radius 1 is 1.53 bits per heavy atom. The van der Waals surface area contributed by atoms with E-state index < -0.39 is 0 Å². The van der Waals surface area contributed by atoms with Crippen LogP contribution in [-0.4, -0.2) is 32.5 Å². The van der Waals surface area contributed by atoms with Gasteiger partial charge in [0.2, 0.25) is 0 Å². The lowest BCUT2D eigenvalue weighted by Crippen LogP contribution is -2.36. The number of aliphatic hydroxyl groups excluding tert-OH is 1. The molecule has 0 aliphatic carbocycles. The lowest BCUT2D eigenvalue weighted by Gasteiger charge is -2.26. The molecular weight excluding hydrogens is 192 g/mol. The number of nitrogens with zero attached hydrogens (tertiary/aromatic N) is 3. The highest BCUT2D eigenvalue weighted by Crippen LogP contribution is 2.24. The average Bonchev–Trinajstić information content (AvgIpc) is 2.61. The van der Waals surface area contributed by atoms with Gasteiger partial charge in [0.15, 0.2) is 0 Å². The highest BCUT2D eigenvalue weighted by molar-refractivity contribution is 5.10. The molecule has 1 aliphatic heterocycles. The van der Waals surface area contributed by atoms with Gasteiger partial charge in [0.25, 0.3) is 0 Å². The molecule has 0 bridgehead atoms. The van der Waals surface area contributed by atoms with Crippen LogP contribution in [0, 0.1) is 0 Å². The molecule has 5 heteroatoms. The third-order valence-corrected chi connectivity index (χ3v) is 2.98. The fourth-order valence-corrected chi connectivity index (χ4v) is 1.92. The zero-order valence-electron chi connectivity index (χ0n) is 9.27. The van der Waals surface area contributed by atoms with Gasteiger partial charge in [0.1, 0.15) is 11.6 Å². The van der Waals surface area contributed by atoms with Crippen molar-refractivity contribution >= 4 is 0 Å². The van der Waals surface area contributed by atoms with Crippen molar-refractivity contribution in [1.29, 1.82) is 0 Å². The van der Waals surface area contributed by atoms with Crippen LogP contribution in [0.25, 0.3) is 0 Å². The van der Waals surface area contributed by atoms with Crippen LogP contribution in [0.1, 0.15) is 31.9 Å². The van der Waals surface area contributed by atoms with Crippen molar-refractivity contribution in [3.05, 3.63) is 11.6 Å². The highest BCUT2D eigenvalue weighted by Gasteiger charge is 2.30. The molecule has 15 heavy (non-hydrogen) atoms. The maximum absolute atomic E-state index is 9.32. The predicted octanol–water partition coefficient (Wildman–Crippen LogP) is -0.179. The first-order valence-electron chi connectivity index (χ1n) is 5.33. The summed E-state index contributed by atoms with van der Waals surface area (Å²) in [5.74, 6) is 1.84. The number of rotatable bonds is 2. The third kappa shape index (κ3) is 1.77. The van der Waals surface area contributed by atoms with Crippen LogP contribution < -0.4 is 5.73 Å². The van der Waals surface area contributed by atoms with E-state index in [0.717, 1.165) is 31.0 Å². The molecule has 84 valence electrons. The largest absolute Gasteiger partial charge is 0.395 e. The number of aliphatic hydroxyl groups is 1. The van der Waals surface area contributed by atoms with Gasteiger partial charge in [-0.2, -0.15) is 0 Å². The minimum atomic E-state index is -0.345. The minimum Gasteiger partial charge on any atom is -0.395 e. The van der Waals surface area contributed by atoms with E-state index in [-0.39, 0.29) is 18.1 Å². The fraction of sp³-hybridized carbons (Fsp3) is 0.800. The van der Waals surface area contributed by atoms with Crippen LogP contribution >= 0.6 is 0 Å². The summed E-state index contributed by atoms with van der Waals surface area (Å²) in [7, 11) is 0. The van der Waals surface area contributed by atoms with Gasteiger partial charge in [-0.15, -0.1) is 10.2 Å². The molecule has 3 N–H and O–H groups in total. The molecule has 0 fully saturated rings. The molecule has 1 aromatic heterocycles. The Morgan fingerprint density at radius 3 is 2.93 bits per heavy atom. The topological polar surface area (TPSA) is 77.0 Å². The SMILES string of the molecule is CC(C)(CO)c1nnc2n1CC(N)CC2. The van der Waals surface area contributed by atoms with E-state index in [0.29, 0.717) is 0 Å². The van der Waals surface area contributed by atoms with Gasteiger partial charge in [0, 0.05) is 24.4 Å². The van der Waals surface area contributed by atoms with Gasteiger partial charge in [0.05, 0.1) is 6.61 Å². The van der Waals surface area contributed by atoms with Gasteiger partial charge in [-0.3, -0.25) is 0 Å². The Kier molecular flexibility index (Phi) is 2.52. The summed E-state index contributed by atoms with van der Waals surface area (Å²) in [5.41, 5.74) is 5.58. The van der Waals surface area contributed by atoms with Crippen molar-refractivity contribution < 1.29 is 5.11 Å². The van der Waals surface area contributed by atoms with Crippen molar-refractivity contribution in [2.75, 3.05) is 6.61 Å². The molecule has 2 heterocycles. The second-order valence-corrected chi connectivity index (χ2v) is 4.89. The van der Waals surface area contributed by atoms with E-state index in [1.54, 1.807) is 0 Å². The molecule has 1 unspecified atom stereocenters. The van der Waals surface area contributed by atoms with E-state index >= 15 is 0 Å². The first kappa shape index (κ1) is 10.6. The van der Waals surface area contributed by atoms with Crippen molar-refractivity contribution in [3.63, 3.8) is 0 Å². The molecule has 1 aromatic rings. The zero-order chi connectivity index (χ0) is 11.1. The summed E-state index contributed by atoms with van der Waals surface area (Å²) in [6.45, 7) is 4.76. The van der Waals surface area contributed by atoms with Crippen LogP contribution in [0.15, 0.2) is 0 Å². The first-order valence-corrected chi connectivity index (χ1v) is 5.33. The molecule has 0 aromatic carbocycles. The average molecular weight is 210 g/mol. The zero-order valence-corrected chi connectivity index (χ0v) is 9.27. The van der Waals surface area contributed by atoms with E-state index in [1.165, 1.54) is 0 Å². The molecule has 0 saturated heterocycles. The summed E-state index contributed by atoms with van der Waals surface area (Å²) >= 11 is 0. The standard InChI is InChI=1S/C10H18N4O/c1-10(2,6-15)9-13-12-8-4-3-7(11)5-14(8)9/h7,15H,3-6,11H2,1-2H3. The highest BCUT2D eigenvalue weighted by atomic mass is 16.3. The van der Waals surface area contributed by atoms with Crippen molar-refractivity contribution in [2.45, 2.75) is 44.7 Å². The first-order chi connectivity index (χ1) is 7.04. The number of fused-ring (bicyclic) bond motifs is 1. The Morgan fingerprint density at radius 2 is 2.27 bits per heavy atom. The molecular formula is C10H18N4O. The van der Waals surface area contributed by atoms with Gasteiger partial charge in [-0.1, -0.05) is 13.8 Å². The molecule has 5 nitrogen and oxygen atoms in total. The Hall–Kier alpha value is -0.940. The fourth-order valence-electron chi connectivity index (χ4n) is 1.92.